The van der Waals surface area contributed by atoms with Gasteiger partial charge in [0.1, 0.15) is 0 Å². The minimum absolute atomic E-state index is 0.138. The van der Waals surface area contributed by atoms with Crippen molar-refractivity contribution in [3.63, 3.8) is 0 Å². The number of rotatable bonds is 4. The number of nitrogens with zero attached hydrogens (tertiary/aromatic N) is 6. The second kappa shape index (κ2) is 7.46. The monoisotopic (exact) mass is 384 g/mol. The van der Waals surface area contributed by atoms with Crippen LogP contribution in [0.3, 0.4) is 0 Å². The molecule has 0 spiro atoms. The fourth-order valence-corrected chi connectivity index (χ4v) is 3.79. The number of piperazine rings is 1. The molecule has 0 saturated carbocycles. The van der Waals surface area contributed by atoms with Gasteiger partial charge >= 0.3 is 0 Å². The van der Waals surface area contributed by atoms with Crippen LogP contribution in [-0.4, -0.2) is 55.2 Å². The smallest absolute Gasteiger partial charge is 0.280 e. The maximum absolute atomic E-state index is 13.1. The lowest BCUT2D eigenvalue weighted by Crippen LogP contribution is -2.44. The number of aromatic nitrogens is 6. The van der Waals surface area contributed by atoms with Gasteiger partial charge in [-0.25, -0.2) is 9.97 Å². The molecule has 4 heterocycles. The average Bonchev–Trinajstić information content (AvgIpc) is 3.32. The highest BCUT2D eigenvalue weighted by atomic mass is 32.2. The van der Waals surface area contributed by atoms with Crippen LogP contribution in [0.4, 0.5) is 5.95 Å². The molecule has 10 heteroatoms. The van der Waals surface area contributed by atoms with E-state index in [-0.39, 0.29) is 5.56 Å². The van der Waals surface area contributed by atoms with E-state index in [0.717, 1.165) is 32.1 Å². The minimum atomic E-state index is -0.138. The Morgan fingerprint density at radius 1 is 1.30 bits per heavy atom. The molecule has 27 heavy (non-hydrogen) atoms. The molecule has 3 aromatic rings. The number of imidazole rings is 2. The van der Waals surface area contributed by atoms with Crippen molar-refractivity contribution in [2.75, 3.05) is 31.1 Å². The van der Waals surface area contributed by atoms with Crippen LogP contribution in [0.25, 0.3) is 11.2 Å². The number of hydrogen-bond donors (Lipinski definition) is 2. The maximum atomic E-state index is 13.1. The predicted octanol–water partition coefficient (Wildman–Crippen LogP) is 0.437. The van der Waals surface area contributed by atoms with Crippen LogP contribution in [0.5, 0.6) is 0 Å². The Morgan fingerprint density at radius 3 is 2.81 bits per heavy atom. The number of aromatic amines is 1. The second-order valence-electron chi connectivity index (χ2n) is 6.09. The summed E-state index contributed by atoms with van der Waals surface area (Å²) in [5.74, 6) is 6.70. The molecule has 3 aromatic heterocycles. The van der Waals surface area contributed by atoms with Crippen LogP contribution in [0, 0.1) is 11.8 Å². The topological polar surface area (TPSA) is 96.7 Å². The molecule has 0 aliphatic carbocycles. The first kappa shape index (κ1) is 17.6. The summed E-state index contributed by atoms with van der Waals surface area (Å²) in [6, 6.07) is 0. The summed E-state index contributed by atoms with van der Waals surface area (Å²) < 4.78 is 3.42. The second-order valence-corrected chi connectivity index (χ2v) is 7.04. The van der Waals surface area contributed by atoms with Gasteiger partial charge < -0.3 is 15.2 Å². The Bertz CT molecular complexity index is 1070. The van der Waals surface area contributed by atoms with Crippen molar-refractivity contribution in [1.82, 2.24) is 34.4 Å². The van der Waals surface area contributed by atoms with Gasteiger partial charge in [-0.2, -0.15) is 4.98 Å². The molecule has 0 amide bonds. The predicted molar refractivity (Wildman–Crippen MR) is 104 cm³/mol. The van der Waals surface area contributed by atoms with Crippen molar-refractivity contribution in [1.29, 1.82) is 0 Å². The van der Waals surface area contributed by atoms with Gasteiger partial charge in [-0.15, -0.1) is 5.92 Å². The first-order valence-electron chi connectivity index (χ1n) is 8.69. The summed E-state index contributed by atoms with van der Waals surface area (Å²) in [5.41, 5.74) is 0.789. The van der Waals surface area contributed by atoms with Crippen LogP contribution in [-0.2, 0) is 13.6 Å². The normalized spacial score (nSPS) is 14.4. The molecule has 0 radical (unpaired) electrons. The number of anilines is 1. The van der Waals surface area contributed by atoms with Gasteiger partial charge in [-0.3, -0.25) is 13.9 Å². The van der Waals surface area contributed by atoms with E-state index in [0.29, 0.717) is 28.0 Å². The largest absolute Gasteiger partial charge is 0.340 e. The van der Waals surface area contributed by atoms with E-state index < -0.39 is 0 Å². The number of fused-ring (bicyclic) bond motifs is 1. The molecule has 0 aromatic carbocycles. The van der Waals surface area contributed by atoms with Crippen molar-refractivity contribution >= 4 is 28.9 Å². The van der Waals surface area contributed by atoms with E-state index in [2.05, 4.69) is 37.0 Å². The molecule has 0 atom stereocenters. The maximum Gasteiger partial charge on any atom is 0.280 e. The minimum Gasteiger partial charge on any atom is -0.340 e. The summed E-state index contributed by atoms with van der Waals surface area (Å²) in [7, 11) is 1.72. The van der Waals surface area contributed by atoms with Crippen molar-refractivity contribution < 1.29 is 0 Å². The third-order valence-electron chi connectivity index (χ3n) is 4.40. The van der Waals surface area contributed by atoms with Gasteiger partial charge in [0.2, 0.25) is 5.95 Å². The molecule has 1 fully saturated rings. The molecule has 1 aliphatic heterocycles. The van der Waals surface area contributed by atoms with E-state index in [1.54, 1.807) is 26.4 Å². The lowest BCUT2D eigenvalue weighted by Gasteiger charge is -2.28. The van der Waals surface area contributed by atoms with E-state index in [1.165, 1.54) is 16.3 Å². The van der Waals surface area contributed by atoms with E-state index in [1.807, 2.05) is 4.57 Å². The van der Waals surface area contributed by atoms with Gasteiger partial charge in [0.25, 0.3) is 5.56 Å². The lowest BCUT2D eigenvalue weighted by molar-refractivity contribution is 0.573. The van der Waals surface area contributed by atoms with Gasteiger partial charge in [0.15, 0.2) is 21.5 Å². The summed E-state index contributed by atoms with van der Waals surface area (Å²) in [6.45, 7) is 5.63. The lowest BCUT2D eigenvalue weighted by atomic mass is 10.4. The first-order valence-corrected chi connectivity index (χ1v) is 9.50. The SMILES string of the molecule is CC#CCn1c(N2CCNCC2)nc2nc(Sc3ncc[nH]3)n(C)c(=O)c21. The molecule has 0 bridgehead atoms. The zero-order valence-electron chi connectivity index (χ0n) is 15.2. The van der Waals surface area contributed by atoms with Crippen molar-refractivity contribution in [2.24, 2.45) is 7.05 Å². The van der Waals surface area contributed by atoms with E-state index in [9.17, 15) is 4.79 Å². The van der Waals surface area contributed by atoms with Crippen molar-refractivity contribution in [3.8, 4) is 11.8 Å². The molecule has 140 valence electrons. The summed E-state index contributed by atoms with van der Waals surface area (Å²) in [4.78, 5) is 31.8. The number of nitrogens with one attached hydrogen (secondary N) is 2. The van der Waals surface area contributed by atoms with Gasteiger partial charge in [0, 0.05) is 45.6 Å². The van der Waals surface area contributed by atoms with E-state index in [4.69, 9.17) is 4.98 Å². The highest BCUT2D eigenvalue weighted by molar-refractivity contribution is 7.99. The fraction of sp³-hybridized carbons (Fsp3) is 0.412. The molecular formula is C17H20N8OS. The Labute approximate surface area is 160 Å². The number of H-pyrrole nitrogens is 1. The van der Waals surface area contributed by atoms with Crippen LogP contribution in [0.2, 0.25) is 0 Å². The summed E-state index contributed by atoms with van der Waals surface area (Å²) in [6.07, 6.45) is 3.40. The first-order chi connectivity index (χ1) is 13.2. The van der Waals surface area contributed by atoms with Crippen LogP contribution in [0.1, 0.15) is 6.92 Å². The fourth-order valence-electron chi connectivity index (χ4n) is 3.03. The molecule has 1 aliphatic rings. The van der Waals surface area contributed by atoms with Crippen molar-refractivity contribution in [2.45, 2.75) is 23.8 Å². The van der Waals surface area contributed by atoms with Gasteiger partial charge in [-0.05, 0) is 18.7 Å². The Kier molecular flexibility index (Phi) is 4.87. The Morgan fingerprint density at radius 2 is 2.11 bits per heavy atom. The van der Waals surface area contributed by atoms with Gasteiger partial charge in [0.05, 0.1) is 6.54 Å². The molecule has 2 N–H and O–H groups in total. The Hall–Kier alpha value is -2.77. The van der Waals surface area contributed by atoms with Crippen LogP contribution >= 0.6 is 11.8 Å². The average molecular weight is 384 g/mol. The molecule has 1 saturated heterocycles. The standard InChI is InChI=1S/C17H20N8OS/c1-3-4-9-25-12-13(21-16(25)24-10-7-18-8-11-24)22-17(23(2)14(12)26)27-15-19-5-6-20-15/h5-6,18H,7-11H2,1-2H3,(H,19,20). The van der Waals surface area contributed by atoms with Crippen LogP contribution in [0.15, 0.2) is 27.5 Å². The zero-order chi connectivity index (χ0) is 18.8. The van der Waals surface area contributed by atoms with Gasteiger partial charge in [-0.1, -0.05) is 5.92 Å². The molecule has 9 nitrogen and oxygen atoms in total. The summed E-state index contributed by atoms with van der Waals surface area (Å²) >= 11 is 1.30. The zero-order valence-corrected chi connectivity index (χ0v) is 16.0. The third kappa shape index (κ3) is 3.31. The third-order valence-corrected chi connectivity index (χ3v) is 5.36. The Balaban J connectivity index is 1.86. The summed E-state index contributed by atoms with van der Waals surface area (Å²) in [5, 5.41) is 4.55. The highest BCUT2D eigenvalue weighted by Crippen LogP contribution is 2.25. The van der Waals surface area contributed by atoms with Crippen LogP contribution < -0.4 is 15.8 Å². The quantitative estimate of drug-likeness (QED) is 0.498. The molecule has 0 unspecified atom stereocenters. The number of hydrogen-bond acceptors (Lipinski definition) is 7. The molecule has 4 rings (SSSR count). The molecular weight excluding hydrogens is 364 g/mol. The van der Waals surface area contributed by atoms with E-state index >= 15 is 0 Å². The van der Waals surface area contributed by atoms with Crippen molar-refractivity contribution in [3.05, 3.63) is 22.7 Å². The highest BCUT2D eigenvalue weighted by Gasteiger charge is 2.23.